The average Bonchev–Trinajstić information content (AvgIpc) is 2.24. The monoisotopic (exact) mass is 216 g/mol. The third-order valence-corrected chi connectivity index (χ3v) is 2.10. The lowest BCUT2D eigenvalue weighted by molar-refractivity contribution is -0.106. The highest BCUT2D eigenvalue weighted by molar-refractivity contribution is 7.46. The van der Waals surface area contributed by atoms with E-state index in [0.29, 0.717) is 0 Å². The fraction of sp³-hybridized carbons (Fsp3) is 1.00. The van der Waals surface area contributed by atoms with Crippen LogP contribution in [0.25, 0.3) is 0 Å². The molecule has 1 rings (SSSR count). The van der Waals surface area contributed by atoms with Gasteiger partial charge in [0.05, 0.1) is 12.7 Å². The van der Waals surface area contributed by atoms with E-state index in [-0.39, 0.29) is 6.42 Å². The van der Waals surface area contributed by atoms with Crippen LogP contribution in [-0.4, -0.2) is 45.1 Å². The molecule has 1 fully saturated rings. The van der Waals surface area contributed by atoms with Crippen molar-refractivity contribution < 1.29 is 33.8 Å². The molecule has 78 valence electrons. The standard InChI is InChI=1S/C5H11O7P/c6-3-1-5(7)12-4(3)2-11-13(8,9)10/h3-7H,1-2H2,(H2,8,9,10)/t3-,4+,5?/m0/s1/i3+1,4+1. The molecule has 0 bridgehead atoms. The Morgan fingerprint density at radius 2 is 2.08 bits per heavy atom. The van der Waals surface area contributed by atoms with Crippen LogP contribution in [0.2, 0.25) is 0 Å². The zero-order valence-corrected chi connectivity index (χ0v) is 7.50. The molecule has 13 heavy (non-hydrogen) atoms. The minimum Gasteiger partial charge on any atom is -0.390 e. The highest BCUT2D eigenvalue weighted by atomic mass is 31.2. The number of phosphoric ester groups is 1. The van der Waals surface area contributed by atoms with E-state index < -0.39 is 32.9 Å². The molecule has 0 saturated carbocycles. The normalized spacial score (nSPS) is 35.2. The maximum Gasteiger partial charge on any atom is 0.469 e. The second kappa shape index (κ2) is 4.02. The van der Waals surface area contributed by atoms with Crippen LogP contribution in [0.15, 0.2) is 0 Å². The Morgan fingerprint density at radius 1 is 1.46 bits per heavy atom. The van der Waals surface area contributed by atoms with Gasteiger partial charge in [-0.3, -0.25) is 4.52 Å². The van der Waals surface area contributed by atoms with Crippen LogP contribution in [0.3, 0.4) is 0 Å². The molecule has 0 aromatic carbocycles. The van der Waals surface area contributed by atoms with Crippen molar-refractivity contribution in [3.05, 3.63) is 0 Å². The zero-order valence-electron chi connectivity index (χ0n) is 6.61. The van der Waals surface area contributed by atoms with E-state index in [1.807, 2.05) is 0 Å². The molecule has 0 amide bonds. The van der Waals surface area contributed by atoms with Gasteiger partial charge in [-0.15, -0.1) is 0 Å². The summed E-state index contributed by atoms with van der Waals surface area (Å²) in [5.74, 6) is 0. The molecule has 0 aromatic rings. The highest BCUT2D eigenvalue weighted by Crippen LogP contribution is 2.36. The minimum atomic E-state index is -4.54. The van der Waals surface area contributed by atoms with Gasteiger partial charge in [0.25, 0.3) is 0 Å². The van der Waals surface area contributed by atoms with Crippen LogP contribution in [-0.2, 0) is 13.8 Å². The van der Waals surface area contributed by atoms with Crippen LogP contribution in [0, 0.1) is 0 Å². The Labute approximate surface area is 74.1 Å². The van der Waals surface area contributed by atoms with E-state index in [4.69, 9.17) is 24.7 Å². The van der Waals surface area contributed by atoms with Crippen LogP contribution >= 0.6 is 7.82 Å². The van der Waals surface area contributed by atoms with E-state index in [1.165, 1.54) is 0 Å². The molecule has 4 N–H and O–H groups in total. The summed E-state index contributed by atoms with van der Waals surface area (Å²) in [5, 5.41) is 18.0. The molecule has 0 radical (unpaired) electrons. The van der Waals surface area contributed by atoms with Crippen LogP contribution in [0.4, 0.5) is 0 Å². The van der Waals surface area contributed by atoms with Crippen molar-refractivity contribution in [1.82, 2.24) is 0 Å². The fourth-order valence-electron chi connectivity index (χ4n) is 1.03. The van der Waals surface area contributed by atoms with Crippen molar-refractivity contribution in [2.24, 2.45) is 0 Å². The van der Waals surface area contributed by atoms with E-state index >= 15 is 0 Å². The molecular formula is C5H11O7P. The number of rotatable bonds is 3. The van der Waals surface area contributed by atoms with Crippen molar-refractivity contribution in [2.75, 3.05) is 6.61 Å². The van der Waals surface area contributed by atoms with Gasteiger partial charge in [-0.2, -0.15) is 0 Å². The van der Waals surface area contributed by atoms with E-state index in [0.717, 1.165) is 0 Å². The van der Waals surface area contributed by atoms with Gasteiger partial charge in [0.1, 0.15) is 6.10 Å². The Hall–Kier alpha value is -0.0100. The molecule has 0 aromatic heterocycles. The summed E-state index contributed by atoms with van der Waals surface area (Å²) in [6.45, 7) is -0.442. The maximum absolute atomic E-state index is 10.2. The maximum atomic E-state index is 10.2. The van der Waals surface area contributed by atoms with E-state index in [9.17, 15) is 4.57 Å². The number of hydrogen-bond donors (Lipinski definition) is 4. The third kappa shape index (κ3) is 3.70. The first-order valence-electron chi connectivity index (χ1n) is 3.60. The summed E-state index contributed by atoms with van der Waals surface area (Å²) in [5.41, 5.74) is 0. The number of ether oxygens (including phenoxy) is 1. The number of aliphatic hydroxyl groups excluding tert-OH is 2. The van der Waals surface area contributed by atoms with Crippen LogP contribution in [0.5, 0.6) is 0 Å². The lowest BCUT2D eigenvalue weighted by Crippen LogP contribution is -2.25. The molecule has 1 aliphatic heterocycles. The molecule has 3 atom stereocenters. The molecule has 1 saturated heterocycles. The van der Waals surface area contributed by atoms with Gasteiger partial charge in [0, 0.05) is 6.42 Å². The summed E-state index contributed by atoms with van der Waals surface area (Å²) in [6.07, 6.45) is -2.92. The SMILES string of the molecule is O=P(O)(O)OC[13C@H]1OC(O)C[13C@@H]1O. The van der Waals surface area contributed by atoms with Gasteiger partial charge in [-0.25, -0.2) is 4.57 Å². The second-order valence-electron chi connectivity index (χ2n) is 2.72. The Balaban J connectivity index is 2.34. The third-order valence-electron chi connectivity index (χ3n) is 1.61. The Bertz CT molecular complexity index is 213. The van der Waals surface area contributed by atoms with Gasteiger partial charge in [-0.1, -0.05) is 0 Å². The molecule has 1 aliphatic rings. The lowest BCUT2D eigenvalue weighted by Gasteiger charge is -2.13. The summed E-state index contributed by atoms with van der Waals surface area (Å²) in [7, 11) is -4.54. The van der Waals surface area contributed by atoms with Gasteiger partial charge >= 0.3 is 7.82 Å². The molecule has 1 unspecified atom stereocenters. The molecule has 7 nitrogen and oxygen atoms in total. The van der Waals surface area contributed by atoms with Gasteiger partial charge in [0.15, 0.2) is 6.29 Å². The van der Waals surface area contributed by atoms with E-state index in [2.05, 4.69) is 4.52 Å². The second-order valence-corrected chi connectivity index (χ2v) is 3.96. The fourth-order valence-corrected chi connectivity index (χ4v) is 1.37. The van der Waals surface area contributed by atoms with Crippen molar-refractivity contribution in [3.8, 4) is 0 Å². The zero-order chi connectivity index (χ0) is 10.1. The molecule has 0 spiro atoms. The number of hydrogen-bond acceptors (Lipinski definition) is 5. The first-order chi connectivity index (χ1) is 5.88. The Kier molecular flexibility index (Phi) is 3.42. The average molecular weight is 216 g/mol. The van der Waals surface area contributed by atoms with Crippen LogP contribution < -0.4 is 0 Å². The smallest absolute Gasteiger partial charge is 0.390 e. The van der Waals surface area contributed by atoms with Gasteiger partial charge in [0.2, 0.25) is 0 Å². The van der Waals surface area contributed by atoms with Crippen molar-refractivity contribution in [2.45, 2.75) is 24.9 Å². The topological polar surface area (TPSA) is 116 Å². The molecule has 0 aliphatic carbocycles. The van der Waals surface area contributed by atoms with E-state index in [1.54, 1.807) is 0 Å². The van der Waals surface area contributed by atoms with Crippen molar-refractivity contribution in [3.63, 3.8) is 0 Å². The largest absolute Gasteiger partial charge is 0.469 e. The first kappa shape index (κ1) is 11.1. The Morgan fingerprint density at radius 3 is 2.46 bits per heavy atom. The summed E-state index contributed by atoms with van der Waals surface area (Å²) < 4.78 is 19.1. The minimum absolute atomic E-state index is 0.0230. The number of phosphoric acid groups is 1. The lowest BCUT2D eigenvalue weighted by atomic mass is 10.6. The quantitative estimate of drug-likeness (QED) is 0.337. The van der Waals surface area contributed by atoms with Crippen molar-refractivity contribution >= 4 is 7.82 Å². The molecule has 1 heterocycles. The predicted octanol–water partition coefficient (Wildman–Crippen LogP) is -1.44. The molecular weight excluding hydrogens is 205 g/mol. The highest BCUT2D eigenvalue weighted by Gasteiger charge is 2.34. The van der Waals surface area contributed by atoms with Crippen LogP contribution in [0.1, 0.15) is 6.42 Å². The first-order valence-corrected chi connectivity index (χ1v) is 5.13. The summed E-state index contributed by atoms with van der Waals surface area (Å²) >= 11 is 0. The van der Waals surface area contributed by atoms with Gasteiger partial charge in [-0.05, 0) is 0 Å². The van der Waals surface area contributed by atoms with Gasteiger partial charge < -0.3 is 24.7 Å². The summed E-state index contributed by atoms with van der Waals surface area (Å²) in [6, 6.07) is 0. The molecule has 8 heteroatoms. The number of aliphatic hydroxyl groups is 2. The summed E-state index contributed by atoms with van der Waals surface area (Å²) in [4.78, 5) is 16.6. The predicted molar refractivity (Wildman–Crippen MR) is 39.5 cm³/mol. The van der Waals surface area contributed by atoms with Crippen molar-refractivity contribution in [1.29, 1.82) is 0 Å².